The van der Waals surface area contributed by atoms with Crippen LogP contribution in [-0.4, -0.2) is 24.0 Å². The summed E-state index contributed by atoms with van der Waals surface area (Å²) in [6, 6.07) is 6.01. The molecule has 8 heteroatoms. The number of carbonyl (C=O) groups excluding carboxylic acids is 1. The van der Waals surface area contributed by atoms with E-state index >= 15 is 0 Å². The summed E-state index contributed by atoms with van der Waals surface area (Å²) in [5, 5.41) is 3.76. The summed E-state index contributed by atoms with van der Waals surface area (Å²) in [5.41, 5.74) is 1.23. The molecule has 1 N–H and O–H groups in total. The first kappa shape index (κ1) is 16.8. The van der Waals surface area contributed by atoms with Gasteiger partial charge in [-0.1, -0.05) is 22.9 Å². The number of amides is 1. The van der Waals surface area contributed by atoms with E-state index in [1.54, 1.807) is 23.5 Å². The van der Waals surface area contributed by atoms with Crippen molar-refractivity contribution in [2.45, 2.75) is 19.3 Å². The fraction of sp³-hybridized carbons (Fsp3) is 0.294. The van der Waals surface area contributed by atoms with Crippen molar-refractivity contribution in [3.63, 3.8) is 0 Å². The molecule has 4 rings (SSSR count). The van der Waals surface area contributed by atoms with Crippen LogP contribution in [0.2, 0.25) is 5.02 Å². The molecule has 1 amide bonds. The van der Waals surface area contributed by atoms with E-state index in [-0.39, 0.29) is 10.9 Å². The van der Waals surface area contributed by atoms with Crippen LogP contribution in [0.4, 0.5) is 15.2 Å². The van der Waals surface area contributed by atoms with Crippen molar-refractivity contribution >= 4 is 60.5 Å². The summed E-state index contributed by atoms with van der Waals surface area (Å²) in [6.07, 6.45) is 3.70. The molecule has 25 heavy (non-hydrogen) atoms. The van der Waals surface area contributed by atoms with Crippen molar-refractivity contribution in [2.24, 2.45) is 0 Å². The molecular formula is C17H15ClFN3OS2. The molecule has 1 aliphatic rings. The van der Waals surface area contributed by atoms with Crippen molar-refractivity contribution in [1.29, 1.82) is 0 Å². The van der Waals surface area contributed by atoms with Gasteiger partial charge in [0.15, 0.2) is 5.13 Å². The number of hydrogen-bond acceptors (Lipinski definition) is 5. The molecule has 0 spiro atoms. The molecule has 0 saturated carbocycles. The maximum absolute atomic E-state index is 13.5. The summed E-state index contributed by atoms with van der Waals surface area (Å²) in [4.78, 5) is 19.9. The number of piperidine rings is 1. The molecule has 1 aromatic carbocycles. The van der Waals surface area contributed by atoms with Crippen LogP contribution < -0.4 is 10.2 Å². The van der Waals surface area contributed by atoms with Gasteiger partial charge < -0.3 is 10.2 Å². The van der Waals surface area contributed by atoms with E-state index in [4.69, 9.17) is 11.6 Å². The first-order valence-corrected chi connectivity index (χ1v) is 10.0. The molecule has 130 valence electrons. The predicted octanol–water partition coefficient (Wildman–Crippen LogP) is 5.39. The zero-order valence-corrected chi connectivity index (χ0v) is 15.6. The fourth-order valence-electron chi connectivity index (χ4n) is 2.82. The Morgan fingerprint density at radius 3 is 2.72 bits per heavy atom. The Morgan fingerprint density at radius 2 is 2.00 bits per heavy atom. The third-order valence-corrected chi connectivity index (χ3v) is 6.76. The normalized spacial score (nSPS) is 14.9. The number of nitrogens with zero attached hydrogens (tertiary/aromatic N) is 2. The Labute approximate surface area is 157 Å². The van der Waals surface area contributed by atoms with Gasteiger partial charge in [0.2, 0.25) is 0 Å². The quantitative estimate of drug-likeness (QED) is 0.646. The molecule has 3 aromatic rings. The second-order valence-electron chi connectivity index (χ2n) is 5.91. The minimum Gasteiger partial charge on any atom is -0.348 e. The van der Waals surface area contributed by atoms with Gasteiger partial charge >= 0.3 is 0 Å². The standard InChI is InChI=1S/C17H15ClFN3OS2/c18-11-5-4-10(8-12(11)19)20-15(23)14-9-13-16(24-14)25-17(21-13)22-6-2-1-3-7-22/h4-5,8-9H,1-3,6-7H2,(H,20,23). The van der Waals surface area contributed by atoms with Gasteiger partial charge in [-0.15, -0.1) is 11.3 Å². The van der Waals surface area contributed by atoms with E-state index in [1.807, 2.05) is 0 Å². The lowest BCUT2D eigenvalue weighted by Gasteiger charge is -2.25. The topological polar surface area (TPSA) is 45.2 Å². The van der Waals surface area contributed by atoms with Gasteiger partial charge in [0.05, 0.1) is 15.4 Å². The molecule has 0 unspecified atom stereocenters. The van der Waals surface area contributed by atoms with Crippen molar-refractivity contribution in [2.75, 3.05) is 23.3 Å². The second kappa shape index (κ2) is 6.90. The van der Waals surface area contributed by atoms with Gasteiger partial charge in [-0.3, -0.25) is 4.79 Å². The second-order valence-corrected chi connectivity index (χ2v) is 8.61. The lowest BCUT2D eigenvalue weighted by molar-refractivity contribution is 0.103. The summed E-state index contributed by atoms with van der Waals surface area (Å²) in [7, 11) is 0. The third-order valence-electron chi connectivity index (χ3n) is 4.11. The van der Waals surface area contributed by atoms with E-state index in [1.165, 1.54) is 42.7 Å². The SMILES string of the molecule is O=C(Nc1ccc(Cl)c(F)c1)c1cc2nc(N3CCCCC3)sc2s1. The number of nitrogens with one attached hydrogen (secondary N) is 1. The molecule has 3 heterocycles. The van der Waals surface area contributed by atoms with Gasteiger partial charge in [0.1, 0.15) is 9.83 Å². The van der Waals surface area contributed by atoms with E-state index in [9.17, 15) is 9.18 Å². The molecule has 0 atom stereocenters. The van der Waals surface area contributed by atoms with Crippen LogP contribution in [0.15, 0.2) is 24.3 Å². The molecule has 0 bridgehead atoms. The Balaban J connectivity index is 1.51. The van der Waals surface area contributed by atoms with Crippen LogP contribution in [0.3, 0.4) is 0 Å². The average Bonchev–Trinajstić information content (AvgIpc) is 3.18. The van der Waals surface area contributed by atoms with Crippen LogP contribution in [0, 0.1) is 5.82 Å². The van der Waals surface area contributed by atoms with Crippen LogP contribution in [0.5, 0.6) is 0 Å². The van der Waals surface area contributed by atoms with Crippen LogP contribution >= 0.6 is 34.3 Å². The Morgan fingerprint density at radius 1 is 1.20 bits per heavy atom. The number of fused-ring (bicyclic) bond motifs is 1. The van der Waals surface area contributed by atoms with Crippen LogP contribution in [-0.2, 0) is 0 Å². The molecule has 1 aliphatic heterocycles. The summed E-state index contributed by atoms with van der Waals surface area (Å²) >= 11 is 8.70. The molecule has 4 nitrogen and oxygen atoms in total. The lowest BCUT2D eigenvalue weighted by Crippen LogP contribution is -2.29. The Kier molecular flexibility index (Phi) is 4.62. The highest BCUT2D eigenvalue weighted by Gasteiger charge is 2.18. The number of rotatable bonds is 3. The Hall–Kier alpha value is -1.70. The molecule has 2 aromatic heterocycles. The molecule has 1 saturated heterocycles. The van der Waals surface area contributed by atoms with Crippen molar-refractivity contribution in [1.82, 2.24) is 4.98 Å². The number of carbonyl (C=O) groups is 1. The smallest absolute Gasteiger partial charge is 0.265 e. The summed E-state index contributed by atoms with van der Waals surface area (Å²) in [5.74, 6) is -0.823. The maximum Gasteiger partial charge on any atom is 0.265 e. The van der Waals surface area contributed by atoms with Gasteiger partial charge in [-0.25, -0.2) is 9.37 Å². The van der Waals surface area contributed by atoms with Crippen LogP contribution in [0.25, 0.3) is 9.53 Å². The molecule has 0 radical (unpaired) electrons. The van der Waals surface area contributed by atoms with E-state index in [2.05, 4.69) is 15.2 Å². The minimum atomic E-state index is -0.556. The molecule has 0 aliphatic carbocycles. The fourth-order valence-corrected chi connectivity index (χ4v) is 5.15. The first-order valence-electron chi connectivity index (χ1n) is 8.02. The largest absolute Gasteiger partial charge is 0.348 e. The number of hydrogen-bond donors (Lipinski definition) is 1. The number of benzene rings is 1. The van der Waals surface area contributed by atoms with Crippen molar-refractivity contribution in [3.8, 4) is 0 Å². The lowest BCUT2D eigenvalue weighted by atomic mass is 10.1. The zero-order chi connectivity index (χ0) is 17.4. The third kappa shape index (κ3) is 3.49. The average molecular weight is 396 g/mol. The highest BCUT2D eigenvalue weighted by Crippen LogP contribution is 2.36. The predicted molar refractivity (Wildman–Crippen MR) is 103 cm³/mol. The van der Waals surface area contributed by atoms with E-state index in [0.717, 1.165) is 27.8 Å². The highest BCUT2D eigenvalue weighted by molar-refractivity contribution is 7.40. The van der Waals surface area contributed by atoms with Crippen LogP contribution in [0.1, 0.15) is 28.9 Å². The number of thiophene rings is 1. The van der Waals surface area contributed by atoms with Crippen molar-refractivity contribution in [3.05, 3.63) is 40.0 Å². The number of anilines is 2. The van der Waals surface area contributed by atoms with Gasteiger partial charge in [-0.05, 0) is 43.5 Å². The number of aromatic nitrogens is 1. The van der Waals surface area contributed by atoms with E-state index in [0.29, 0.717) is 10.6 Å². The van der Waals surface area contributed by atoms with Crippen molar-refractivity contribution < 1.29 is 9.18 Å². The number of thiazole rings is 1. The number of halogens is 2. The van der Waals surface area contributed by atoms with Gasteiger partial charge in [0.25, 0.3) is 5.91 Å². The maximum atomic E-state index is 13.5. The summed E-state index contributed by atoms with van der Waals surface area (Å²) < 4.78 is 14.5. The Bertz CT molecular complexity index is 902. The highest BCUT2D eigenvalue weighted by atomic mass is 35.5. The minimum absolute atomic E-state index is 0.0316. The summed E-state index contributed by atoms with van der Waals surface area (Å²) in [6.45, 7) is 2.10. The molecular weight excluding hydrogens is 381 g/mol. The van der Waals surface area contributed by atoms with Gasteiger partial charge in [-0.2, -0.15) is 0 Å². The first-order chi connectivity index (χ1) is 12.1. The van der Waals surface area contributed by atoms with Gasteiger partial charge in [0, 0.05) is 18.8 Å². The van der Waals surface area contributed by atoms with E-state index < -0.39 is 5.82 Å². The zero-order valence-electron chi connectivity index (χ0n) is 13.2. The molecule has 1 fully saturated rings. The monoisotopic (exact) mass is 395 g/mol.